The van der Waals surface area contributed by atoms with Crippen molar-refractivity contribution in [2.75, 3.05) is 4.90 Å². The SMILES string of the molecule is CC(C)(C)c1cc(-c2ccc(N(c3ccccc3)c3ccc4c(c3)C(C)(C)c3ccccc3-4)cc2)cc(-c2cc(C(C)(C)C)cc(C(C)(C)C)c2)c1. The quantitative estimate of drug-likeness (QED) is 0.175. The fraction of sp³-hybridized carbons (Fsp3) is 0.294. The number of nitrogens with zero attached hydrogens (tertiary/aromatic N) is 1. The lowest BCUT2D eigenvalue weighted by atomic mass is 9.78. The number of hydrogen-bond donors (Lipinski definition) is 0. The topological polar surface area (TPSA) is 3.24 Å². The van der Waals surface area contributed by atoms with Crippen molar-refractivity contribution < 1.29 is 0 Å². The van der Waals surface area contributed by atoms with E-state index >= 15 is 0 Å². The van der Waals surface area contributed by atoms with Gasteiger partial charge in [-0.15, -0.1) is 0 Å². The number of hydrogen-bond acceptors (Lipinski definition) is 1. The maximum Gasteiger partial charge on any atom is 0.0465 e. The Morgan fingerprint density at radius 3 is 1.38 bits per heavy atom. The molecule has 7 rings (SSSR count). The minimum atomic E-state index is -0.0655. The Kier molecular flexibility index (Phi) is 8.65. The van der Waals surface area contributed by atoms with Crippen LogP contribution in [-0.4, -0.2) is 0 Å². The molecule has 0 spiro atoms. The Bertz CT molecular complexity index is 2220. The molecule has 264 valence electrons. The molecule has 0 aromatic heterocycles. The van der Waals surface area contributed by atoms with Gasteiger partial charge in [-0.25, -0.2) is 0 Å². The summed E-state index contributed by atoms with van der Waals surface area (Å²) in [6.07, 6.45) is 0. The van der Waals surface area contributed by atoms with Gasteiger partial charge in [-0.3, -0.25) is 0 Å². The van der Waals surface area contributed by atoms with Gasteiger partial charge in [-0.1, -0.05) is 167 Å². The van der Waals surface area contributed by atoms with E-state index in [0.717, 1.165) is 11.4 Å². The summed E-state index contributed by atoms with van der Waals surface area (Å²) in [5.74, 6) is 0. The Labute approximate surface area is 313 Å². The summed E-state index contributed by atoms with van der Waals surface area (Å²) < 4.78 is 0. The van der Waals surface area contributed by atoms with E-state index in [9.17, 15) is 0 Å². The largest absolute Gasteiger partial charge is 0.310 e. The highest BCUT2D eigenvalue weighted by Crippen LogP contribution is 2.50. The summed E-state index contributed by atoms with van der Waals surface area (Å²) in [4.78, 5) is 2.39. The fourth-order valence-electron chi connectivity index (χ4n) is 7.71. The van der Waals surface area contributed by atoms with E-state index in [1.54, 1.807) is 0 Å². The van der Waals surface area contributed by atoms with Crippen molar-refractivity contribution in [2.24, 2.45) is 0 Å². The van der Waals surface area contributed by atoms with Gasteiger partial charge in [0.25, 0.3) is 0 Å². The van der Waals surface area contributed by atoms with Gasteiger partial charge in [0.15, 0.2) is 0 Å². The van der Waals surface area contributed by atoms with Gasteiger partial charge >= 0.3 is 0 Å². The van der Waals surface area contributed by atoms with Crippen LogP contribution < -0.4 is 4.90 Å². The summed E-state index contributed by atoms with van der Waals surface area (Å²) in [5, 5.41) is 0. The van der Waals surface area contributed by atoms with E-state index < -0.39 is 0 Å². The van der Waals surface area contributed by atoms with Crippen LogP contribution in [0.4, 0.5) is 17.1 Å². The molecule has 1 nitrogen and oxygen atoms in total. The zero-order chi connectivity index (χ0) is 37.2. The summed E-state index contributed by atoms with van der Waals surface area (Å²) in [5.41, 5.74) is 18.1. The molecule has 0 bridgehead atoms. The molecule has 0 aliphatic heterocycles. The van der Waals surface area contributed by atoms with Crippen molar-refractivity contribution in [3.05, 3.63) is 161 Å². The molecule has 0 amide bonds. The molecular formula is C51H55N. The molecule has 0 N–H and O–H groups in total. The van der Waals surface area contributed by atoms with Gasteiger partial charge in [0, 0.05) is 22.5 Å². The van der Waals surface area contributed by atoms with E-state index in [-0.39, 0.29) is 21.7 Å². The van der Waals surface area contributed by atoms with Crippen LogP contribution in [0.25, 0.3) is 33.4 Å². The van der Waals surface area contributed by atoms with Gasteiger partial charge in [0.05, 0.1) is 0 Å². The van der Waals surface area contributed by atoms with Gasteiger partial charge in [0.1, 0.15) is 0 Å². The first-order valence-electron chi connectivity index (χ1n) is 18.9. The average molecular weight is 682 g/mol. The van der Waals surface area contributed by atoms with Crippen molar-refractivity contribution in [1.29, 1.82) is 0 Å². The number of rotatable bonds is 5. The first-order valence-corrected chi connectivity index (χ1v) is 18.9. The molecule has 0 heterocycles. The second kappa shape index (κ2) is 12.7. The Balaban J connectivity index is 1.33. The normalized spacial score (nSPS) is 13.8. The van der Waals surface area contributed by atoms with E-state index in [0.29, 0.717) is 0 Å². The van der Waals surface area contributed by atoms with Crippen molar-refractivity contribution in [3.63, 3.8) is 0 Å². The van der Waals surface area contributed by atoms with Crippen LogP contribution in [0.5, 0.6) is 0 Å². The first-order chi connectivity index (χ1) is 24.4. The van der Waals surface area contributed by atoms with E-state index in [1.165, 1.54) is 66.9 Å². The van der Waals surface area contributed by atoms with Gasteiger partial charge in [-0.2, -0.15) is 0 Å². The van der Waals surface area contributed by atoms with Gasteiger partial charge in [0.2, 0.25) is 0 Å². The molecule has 0 saturated heterocycles. The first kappa shape index (κ1) is 35.5. The molecule has 52 heavy (non-hydrogen) atoms. The Morgan fingerprint density at radius 2 is 0.808 bits per heavy atom. The van der Waals surface area contributed by atoms with E-state index in [2.05, 4.69) is 215 Å². The number of anilines is 3. The standard InChI is InChI=1S/C51H55N/c1-48(2,3)38-28-35(27-36(29-38)37-30-39(49(4,5)6)32-40(31-37)50(7,8)9)34-21-23-42(24-22-34)52(41-17-13-12-14-18-41)43-25-26-45-44-19-15-16-20-46(44)51(10,11)47(45)33-43/h12-33H,1-11H3. The van der Waals surface area contributed by atoms with E-state index in [1.807, 2.05) is 0 Å². The second-order valence-corrected chi connectivity index (χ2v) is 18.5. The fourth-order valence-corrected chi connectivity index (χ4v) is 7.71. The summed E-state index contributed by atoms with van der Waals surface area (Å²) >= 11 is 0. The summed E-state index contributed by atoms with van der Waals surface area (Å²) in [6.45, 7) is 25.6. The smallest absolute Gasteiger partial charge is 0.0465 e. The third kappa shape index (κ3) is 6.63. The molecule has 1 aliphatic rings. The molecule has 1 heteroatoms. The average Bonchev–Trinajstić information content (AvgIpc) is 3.33. The molecular weight excluding hydrogens is 627 g/mol. The van der Waals surface area contributed by atoms with Gasteiger partial charge in [-0.05, 0) is 120 Å². The Morgan fingerprint density at radius 1 is 0.365 bits per heavy atom. The Hall–Kier alpha value is -4.88. The molecule has 0 fully saturated rings. The van der Waals surface area contributed by atoms with Crippen molar-refractivity contribution in [2.45, 2.75) is 97.8 Å². The highest BCUT2D eigenvalue weighted by Gasteiger charge is 2.35. The zero-order valence-corrected chi connectivity index (χ0v) is 33.1. The summed E-state index contributed by atoms with van der Waals surface area (Å²) in [7, 11) is 0. The lowest BCUT2D eigenvalue weighted by Gasteiger charge is -2.28. The molecule has 6 aromatic carbocycles. The predicted molar refractivity (Wildman–Crippen MR) is 226 cm³/mol. The van der Waals surface area contributed by atoms with Gasteiger partial charge < -0.3 is 4.90 Å². The maximum absolute atomic E-state index is 2.41. The monoisotopic (exact) mass is 681 g/mol. The molecule has 6 aromatic rings. The van der Waals surface area contributed by atoms with Crippen LogP contribution in [0.15, 0.2) is 133 Å². The third-order valence-electron chi connectivity index (χ3n) is 11.1. The van der Waals surface area contributed by atoms with Crippen LogP contribution >= 0.6 is 0 Å². The summed E-state index contributed by atoms with van der Waals surface area (Å²) in [6, 6.07) is 50.3. The van der Waals surface area contributed by atoms with Crippen LogP contribution in [0.3, 0.4) is 0 Å². The zero-order valence-electron chi connectivity index (χ0n) is 33.1. The van der Waals surface area contributed by atoms with Crippen LogP contribution in [0, 0.1) is 0 Å². The number of benzene rings is 6. The minimum Gasteiger partial charge on any atom is -0.310 e. The molecule has 0 unspecified atom stereocenters. The highest BCUT2D eigenvalue weighted by molar-refractivity contribution is 5.86. The number of para-hydroxylation sites is 1. The molecule has 0 radical (unpaired) electrons. The molecule has 0 atom stereocenters. The van der Waals surface area contributed by atoms with Crippen molar-refractivity contribution in [1.82, 2.24) is 0 Å². The maximum atomic E-state index is 2.41. The lowest BCUT2D eigenvalue weighted by molar-refractivity contribution is 0.569. The van der Waals surface area contributed by atoms with E-state index in [4.69, 9.17) is 0 Å². The lowest BCUT2D eigenvalue weighted by Crippen LogP contribution is -2.16. The predicted octanol–water partition coefficient (Wildman–Crippen LogP) is 14.7. The van der Waals surface area contributed by atoms with Crippen LogP contribution in [0.1, 0.15) is 104 Å². The third-order valence-corrected chi connectivity index (χ3v) is 11.1. The minimum absolute atomic E-state index is 0.00427. The highest BCUT2D eigenvalue weighted by atomic mass is 15.1. The second-order valence-electron chi connectivity index (χ2n) is 18.5. The van der Waals surface area contributed by atoms with Crippen molar-refractivity contribution >= 4 is 17.1 Å². The number of fused-ring (bicyclic) bond motifs is 3. The molecule has 1 aliphatic carbocycles. The van der Waals surface area contributed by atoms with Crippen LogP contribution in [-0.2, 0) is 21.7 Å². The van der Waals surface area contributed by atoms with Crippen molar-refractivity contribution in [3.8, 4) is 33.4 Å². The molecule has 0 saturated carbocycles. The van der Waals surface area contributed by atoms with Crippen LogP contribution in [0.2, 0.25) is 0 Å².